The number of likely N-dealkylation sites (N-methyl/N-ethyl adjacent to an activating group) is 1. The lowest BCUT2D eigenvalue weighted by Crippen LogP contribution is -2.23. The van der Waals surface area contributed by atoms with Crippen molar-refractivity contribution in [1.29, 1.82) is 0 Å². The summed E-state index contributed by atoms with van der Waals surface area (Å²) in [6.45, 7) is 0.537. The largest absolute Gasteiger partial charge is 0.489 e. The molecular formula is C30H31N3O2S. The molecular weight excluding hydrogens is 466 g/mol. The fraction of sp³-hybridized carbons (Fsp3) is 0.267. The van der Waals surface area contributed by atoms with E-state index in [0.29, 0.717) is 22.4 Å². The van der Waals surface area contributed by atoms with Gasteiger partial charge in [0.1, 0.15) is 12.4 Å². The van der Waals surface area contributed by atoms with E-state index in [-0.39, 0.29) is 5.91 Å². The molecule has 0 bridgehead atoms. The van der Waals surface area contributed by atoms with Crippen LogP contribution in [0.1, 0.15) is 54.7 Å². The maximum Gasteiger partial charge on any atom is 0.266 e. The van der Waals surface area contributed by atoms with Crippen molar-refractivity contribution in [3.05, 3.63) is 94.4 Å². The number of nitrogen functional groups attached to an aromatic ring is 1. The van der Waals surface area contributed by atoms with E-state index >= 15 is 0 Å². The Kier molecular flexibility index (Phi) is 7.42. The molecule has 5 nitrogen and oxygen atoms in total. The van der Waals surface area contributed by atoms with Gasteiger partial charge in [0.15, 0.2) is 5.17 Å². The van der Waals surface area contributed by atoms with Crippen LogP contribution in [-0.4, -0.2) is 23.0 Å². The highest BCUT2D eigenvalue weighted by Crippen LogP contribution is 2.34. The highest BCUT2D eigenvalue weighted by Gasteiger charge is 2.30. The fourth-order valence-electron chi connectivity index (χ4n) is 4.61. The summed E-state index contributed by atoms with van der Waals surface area (Å²) in [5.74, 6) is 1.47. The molecule has 2 aliphatic rings. The zero-order chi connectivity index (χ0) is 24.9. The first-order valence-corrected chi connectivity index (χ1v) is 13.3. The van der Waals surface area contributed by atoms with Crippen molar-refractivity contribution in [2.75, 3.05) is 12.8 Å². The van der Waals surface area contributed by atoms with Crippen LogP contribution in [0.3, 0.4) is 0 Å². The lowest BCUT2D eigenvalue weighted by atomic mass is 9.84. The summed E-state index contributed by atoms with van der Waals surface area (Å²) in [6.07, 6.45) is 8.60. The van der Waals surface area contributed by atoms with E-state index in [4.69, 9.17) is 10.5 Å². The zero-order valence-corrected chi connectivity index (χ0v) is 21.3. The molecule has 1 saturated heterocycles. The first-order valence-electron chi connectivity index (χ1n) is 12.5. The zero-order valence-electron chi connectivity index (χ0n) is 20.5. The highest BCUT2D eigenvalue weighted by molar-refractivity contribution is 8.18. The first-order chi connectivity index (χ1) is 17.5. The first kappa shape index (κ1) is 24.2. The molecule has 0 unspecified atom stereocenters. The monoisotopic (exact) mass is 497 g/mol. The summed E-state index contributed by atoms with van der Waals surface area (Å²) < 4.78 is 6.00. The number of amides is 1. The third-order valence-corrected chi connectivity index (χ3v) is 7.82. The van der Waals surface area contributed by atoms with Gasteiger partial charge in [-0.1, -0.05) is 55.7 Å². The molecule has 1 aliphatic heterocycles. The second kappa shape index (κ2) is 11.0. The minimum Gasteiger partial charge on any atom is -0.489 e. The smallest absolute Gasteiger partial charge is 0.266 e. The minimum atomic E-state index is -0.0637. The SMILES string of the molecule is CN1C(=O)/C(=C/c2ccc(OCc3ccc(C4CCCCC4)cc3)cc2)SC1=Nc1ccc(N)cc1. The molecule has 184 valence electrons. The second-order valence-corrected chi connectivity index (χ2v) is 10.4. The summed E-state index contributed by atoms with van der Waals surface area (Å²) in [5, 5.41) is 0.644. The number of amidine groups is 1. The third kappa shape index (κ3) is 5.82. The van der Waals surface area contributed by atoms with Gasteiger partial charge in [-0.05, 0) is 89.7 Å². The Bertz CT molecular complexity index is 1260. The Morgan fingerprint density at radius 2 is 1.67 bits per heavy atom. The van der Waals surface area contributed by atoms with Crippen LogP contribution in [0.25, 0.3) is 6.08 Å². The second-order valence-electron chi connectivity index (χ2n) is 9.39. The van der Waals surface area contributed by atoms with Crippen molar-refractivity contribution in [3.63, 3.8) is 0 Å². The van der Waals surface area contributed by atoms with Gasteiger partial charge in [-0.15, -0.1) is 0 Å². The average molecular weight is 498 g/mol. The third-order valence-electron chi connectivity index (χ3n) is 6.76. The lowest BCUT2D eigenvalue weighted by molar-refractivity contribution is -0.121. The van der Waals surface area contributed by atoms with E-state index in [0.717, 1.165) is 22.9 Å². The number of nitrogens with zero attached hydrogens (tertiary/aromatic N) is 2. The van der Waals surface area contributed by atoms with Crippen molar-refractivity contribution in [3.8, 4) is 5.75 Å². The van der Waals surface area contributed by atoms with Crippen LogP contribution >= 0.6 is 11.8 Å². The van der Waals surface area contributed by atoms with E-state index in [1.807, 2.05) is 42.5 Å². The van der Waals surface area contributed by atoms with Crippen molar-refractivity contribution in [2.45, 2.75) is 44.6 Å². The van der Waals surface area contributed by atoms with Gasteiger partial charge in [-0.25, -0.2) is 4.99 Å². The Morgan fingerprint density at radius 3 is 2.36 bits per heavy atom. The molecule has 2 N–H and O–H groups in total. The quantitative estimate of drug-likeness (QED) is 0.291. The number of nitrogens with two attached hydrogens (primary N) is 1. The molecule has 0 atom stereocenters. The maximum absolute atomic E-state index is 12.7. The number of aliphatic imine (C=N–C) groups is 1. The van der Waals surface area contributed by atoms with E-state index in [1.54, 1.807) is 24.1 Å². The Morgan fingerprint density at radius 1 is 0.972 bits per heavy atom. The normalized spacial score (nSPS) is 18.8. The van der Waals surface area contributed by atoms with Crippen LogP contribution in [0.4, 0.5) is 11.4 Å². The molecule has 0 radical (unpaired) electrons. The number of carbonyl (C=O) groups excluding carboxylic acids is 1. The minimum absolute atomic E-state index is 0.0637. The van der Waals surface area contributed by atoms with Crippen LogP contribution in [0.2, 0.25) is 0 Å². The Hall–Kier alpha value is -3.51. The number of rotatable bonds is 6. The topological polar surface area (TPSA) is 67.9 Å². The van der Waals surface area contributed by atoms with Gasteiger partial charge in [-0.3, -0.25) is 9.69 Å². The molecule has 3 aromatic carbocycles. The number of ether oxygens (including phenoxy) is 1. The van der Waals surface area contributed by atoms with Crippen molar-refractivity contribution < 1.29 is 9.53 Å². The summed E-state index contributed by atoms with van der Waals surface area (Å²) in [4.78, 5) is 19.5. The molecule has 1 saturated carbocycles. The van der Waals surface area contributed by atoms with Gasteiger partial charge in [0.25, 0.3) is 5.91 Å². The van der Waals surface area contributed by atoms with Crippen LogP contribution in [0.5, 0.6) is 5.75 Å². The van der Waals surface area contributed by atoms with Crippen LogP contribution in [0, 0.1) is 0 Å². The predicted molar refractivity (Wildman–Crippen MR) is 149 cm³/mol. The predicted octanol–water partition coefficient (Wildman–Crippen LogP) is 7.13. The van der Waals surface area contributed by atoms with Gasteiger partial charge in [0, 0.05) is 12.7 Å². The molecule has 1 aliphatic carbocycles. The fourth-order valence-corrected chi connectivity index (χ4v) is 5.60. The summed E-state index contributed by atoms with van der Waals surface area (Å²) >= 11 is 1.37. The molecule has 0 aromatic heterocycles. The molecule has 0 spiro atoms. The van der Waals surface area contributed by atoms with Gasteiger partial charge in [0.2, 0.25) is 0 Å². The lowest BCUT2D eigenvalue weighted by Gasteiger charge is -2.22. The van der Waals surface area contributed by atoms with E-state index in [1.165, 1.54) is 55.0 Å². The van der Waals surface area contributed by atoms with Gasteiger partial charge >= 0.3 is 0 Å². The molecule has 1 heterocycles. The van der Waals surface area contributed by atoms with Crippen molar-refractivity contribution >= 4 is 40.3 Å². The summed E-state index contributed by atoms with van der Waals surface area (Å²) in [7, 11) is 1.74. The van der Waals surface area contributed by atoms with Crippen LogP contribution < -0.4 is 10.5 Å². The molecule has 3 aromatic rings. The van der Waals surface area contributed by atoms with E-state index in [2.05, 4.69) is 29.3 Å². The number of hydrogen-bond donors (Lipinski definition) is 1. The number of benzene rings is 3. The maximum atomic E-state index is 12.7. The molecule has 2 fully saturated rings. The molecule has 36 heavy (non-hydrogen) atoms. The number of thioether (sulfide) groups is 1. The standard InChI is InChI=1S/C30H31N3O2S/c1-33-29(34)28(36-30(33)32-26-15-13-25(31)14-16-26)19-21-9-17-27(18-10-21)35-20-22-7-11-24(12-8-22)23-5-3-2-4-6-23/h7-19,23H,2-6,20,31H2,1H3/b28-19-,32-30?. The van der Waals surface area contributed by atoms with Crippen molar-refractivity contribution in [1.82, 2.24) is 4.90 Å². The van der Waals surface area contributed by atoms with Gasteiger partial charge in [0.05, 0.1) is 10.6 Å². The Balaban J connectivity index is 1.19. The van der Waals surface area contributed by atoms with Gasteiger partial charge in [-0.2, -0.15) is 0 Å². The Labute approximate surface area is 217 Å². The summed E-state index contributed by atoms with van der Waals surface area (Å²) in [6, 6.07) is 24.0. The molecule has 1 amide bonds. The molecule has 5 rings (SSSR count). The number of carbonyl (C=O) groups is 1. The average Bonchev–Trinajstić information content (AvgIpc) is 3.18. The highest BCUT2D eigenvalue weighted by atomic mass is 32.2. The summed E-state index contributed by atoms with van der Waals surface area (Å²) in [5.41, 5.74) is 10.8. The number of anilines is 1. The number of hydrogen-bond acceptors (Lipinski definition) is 5. The van der Waals surface area contributed by atoms with Gasteiger partial charge < -0.3 is 10.5 Å². The van der Waals surface area contributed by atoms with Crippen molar-refractivity contribution in [2.24, 2.45) is 4.99 Å². The van der Waals surface area contributed by atoms with Crippen LogP contribution in [0.15, 0.2) is 82.7 Å². The van der Waals surface area contributed by atoms with E-state index < -0.39 is 0 Å². The van der Waals surface area contributed by atoms with E-state index in [9.17, 15) is 4.79 Å². The molecule has 6 heteroatoms. The van der Waals surface area contributed by atoms with Crippen LogP contribution in [-0.2, 0) is 11.4 Å².